The van der Waals surface area contributed by atoms with Gasteiger partial charge in [-0.1, -0.05) is 0 Å². The molecule has 3 nitrogen and oxygen atoms in total. The number of hydrogen-bond acceptors (Lipinski definition) is 2. The minimum absolute atomic E-state index is 0.201. The van der Waals surface area contributed by atoms with Crippen LogP contribution in [0.5, 0.6) is 0 Å². The van der Waals surface area contributed by atoms with Crippen LogP contribution in [0.15, 0.2) is 0 Å². The third-order valence-corrected chi connectivity index (χ3v) is 1.27. The van der Waals surface area contributed by atoms with E-state index in [1.807, 2.05) is 6.07 Å². The fourth-order valence-electron chi connectivity index (χ4n) is 0.611. The average Bonchev–Trinajstić information content (AvgIpc) is 2.42. The van der Waals surface area contributed by atoms with Crippen LogP contribution in [0.2, 0.25) is 0 Å². The summed E-state index contributed by atoms with van der Waals surface area (Å²) in [6, 6.07) is 1.89. The third kappa shape index (κ3) is 0.648. The van der Waals surface area contributed by atoms with E-state index in [-0.39, 0.29) is 11.8 Å². The van der Waals surface area contributed by atoms with Crippen molar-refractivity contribution < 1.29 is 9.90 Å². The Labute approximate surface area is 46.5 Å². The van der Waals surface area contributed by atoms with E-state index in [0.717, 1.165) is 0 Å². The van der Waals surface area contributed by atoms with Crippen molar-refractivity contribution in [1.29, 1.82) is 5.26 Å². The highest BCUT2D eigenvalue weighted by atomic mass is 16.4. The fraction of sp³-hybridized carbons (Fsp3) is 0.600. The highest BCUT2D eigenvalue weighted by molar-refractivity contribution is 5.74. The SMILES string of the molecule is N#C[C@@H]1C[C@H]1C(=O)O. The Morgan fingerprint density at radius 1 is 1.88 bits per heavy atom. The van der Waals surface area contributed by atoms with Crippen LogP contribution in [0.25, 0.3) is 0 Å². The Morgan fingerprint density at radius 2 is 2.50 bits per heavy atom. The largest absolute Gasteiger partial charge is 0.481 e. The average molecular weight is 111 g/mol. The summed E-state index contributed by atoms with van der Waals surface area (Å²) in [5.41, 5.74) is 0. The minimum atomic E-state index is -0.837. The van der Waals surface area contributed by atoms with Crippen LogP contribution in [-0.2, 0) is 4.79 Å². The number of hydrogen-bond donors (Lipinski definition) is 1. The topological polar surface area (TPSA) is 61.1 Å². The molecule has 42 valence electrons. The maximum Gasteiger partial charge on any atom is 0.307 e. The molecule has 0 amide bonds. The standard InChI is InChI=1S/C5H5NO2/c6-2-3-1-4(3)5(7)8/h3-4H,1H2,(H,7,8)/t3-,4+/m0/s1. The molecule has 0 bridgehead atoms. The lowest BCUT2D eigenvalue weighted by Crippen LogP contribution is -1.97. The molecule has 0 aromatic rings. The van der Waals surface area contributed by atoms with Crippen molar-refractivity contribution >= 4 is 5.97 Å². The van der Waals surface area contributed by atoms with Crippen molar-refractivity contribution in [1.82, 2.24) is 0 Å². The molecule has 1 aliphatic carbocycles. The summed E-state index contributed by atoms with van der Waals surface area (Å²) >= 11 is 0. The first-order chi connectivity index (χ1) is 3.75. The summed E-state index contributed by atoms with van der Waals surface area (Å²) in [4.78, 5) is 9.98. The zero-order valence-electron chi connectivity index (χ0n) is 4.16. The molecule has 0 saturated heterocycles. The molecular weight excluding hydrogens is 106 g/mol. The first-order valence-corrected chi connectivity index (χ1v) is 2.38. The molecule has 0 aliphatic heterocycles. The Kier molecular flexibility index (Phi) is 0.943. The molecule has 1 saturated carbocycles. The highest BCUT2D eigenvalue weighted by Crippen LogP contribution is 2.37. The van der Waals surface area contributed by atoms with Crippen LogP contribution < -0.4 is 0 Å². The van der Waals surface area contributed by atoms with Gasteiger partial charge < -0.3 is 5.11 Å². The van der Waals surface area contributed by atoms with Gasteiger partial charge in [-0.25, -0.2) is 0 Å². The molecule has 1 aliphatic rings. The summed E-state index contributed by atoms with van der Waals surface area (Å²) in [5, 5.41) is 16.3. The van der Waals surface area contributed by atoms with Gasteiger partial charge in [0.1, 0.15) is 0 Å². The van der Waals surface area contributed by atoms with Crippen molar-refractivity contribution in [3.05, 3.63) is 0 Å². The van der Waals surface area contributed by atoms with E-state index in [4.69, 9.17) is 10.4 Å². The fourth-order valence-corrected chi connectivity index (χ4v) is 0.611. The van der Waals surface area contributed by atoms with Gasteiger partial charge in [-0.3, -0.25) is 4.79 Å². The number of nitriles is 1. The van der Waals surface area contributed by atoms with E-state index in [0.29, 0.717) is 6.42 Å². The highest BCUT2D eigenvalue weighted by Gasteiger charge is 2.43. The van der Waals surface area contributed by atoms with Gasteiger partial charge in [0.15, 0.2) is 0 Å². The molecule has 0 aromatic heterocycles. The van der Waals surface area contributed by atoms with E-state index in [1.54, 1.807) is 0 Å². The summed E-state index contributed by atoms with van der Waals surface area (Å²) in [7, 11) is 0. The molecule has 8 heavy (non-hydrogen) atoms. The van der Waals surface area contributed by atoms with Crippen molar-refractivity contribution in [2.75, 3.05) is 0 Å². The van der Waals surface area contributed by atoms with Crippen LogP contribution in [0.4, 0.5) is 0 Å². The Bertz CT molecular complexity index is 158. The summed E-state index contributed by atoms with van der Waals surface area (Å²) in [6.07, 6.45) is 0.547. The van der Waals surface area contributed by atoms with E-state index in [1.165, 1.54) is 0 Å². The molecule has 1 fully saturated rings. The second-order valence-electron chi connectivity index (χ2n) is 1.92. The molecule has 0 spiro atoms. The number of carbonyl (C=O) groups is 1. The molecule has 1 rings (SSSR count). The van der Waals surface area contributed by atoms with E-state index in [9.17, 15) is 4.79 Å². The van der Waals surface area contributed by atoms with Crippen molar-refractivity contribution in [2.45, 2.75) is 6.42 Å². The van der Waals surface area contributed by atoms with Gasteiger partial charge in [0, 0.05) is 0 Å². The van der Waals surface area contributed by atoms with Gasteiger partial charge in [-0.2, -0.15) is 5.26 Å². The monoisotopic (exact) mass is 111 g/mol. The number of aliphatic carboxylic acids is 1. The Morgan fingerprint density at radius 3 is 2.62 bits per heavy atom. The zero-order valence-corrected chi connectivity index (χ0v) is 4.16. The smallest absolute Gasteiger partial charge is 0.307 e. The van der Waals surface area contributed by atoms with Crippen molar-refractivity contribution in [3.63, 3.8) is 0 Å². The predicted molar refractivity (Wildman–Crippen MR) is 24.8 cm³/mol. The quantitative estimate of drug-likeness (QED) is 0.526. The van der Waals surface area contributed by atoms with Gasteiger partial charge in [0.25, 0.3) is 0 Å². The van der Waals surface area contributed by atoms with Crippen LogP contribution in [-0.4, -0.2) is 11.1 Å². The predicted octanol–water partition coefficient (Wildman–Crippen LogP) is 0.231. The number of carboxylic acid groups (broad SMARTS) is 1. The second-order valence-corrected chi connectivity index (χ2v) is 1.92. The summed E-state index contributed by atoms with van der Waals surface area (Å²) in [5.74, 6) is -1.40. The first-order valence-electron chi connectivity index (χ1n) is 2.38. The lowest BCUT2D eigenvalue weighted by molar-refractivity contribution is -0.138. The third-order valence-electron chi connectivity index (χ3n) is 1.27. The normalized spacial score (nSPS) is 33.4. The molecule has 2 atom stereocenters. The molecule has 1 N–H and O–H groups in total. The van der Waals surface area contributed by atoms with Gasteiger partial charge in [0.05, 0.1) is 17.9 Å². The van der Waals surface area contributed by atoms with Crippen LogP contribution in [0.3, 0.4) is 0 Å². The van der Waals surface area contributed by atoms with Gasteiger partial charge in [-0.15, -0.1) is 0 Å². The van der Waals surface area contributed by atoms with Crippen molar-refractivity contribution in [2.24, 2.45) is 11.8 Å². The van der Waals surface area contributed by atoms with E-state index >= 15 is 0 Å². The molecule has 3 heteroatoms. The van der Waals surface area contributed by atoms with E-state index in [2.05, 4.69) is 0 Å². The van der Waals surface area contributed by atoms with E-state index < -0.39 is 5.97 Å². The Hall–Kier alpha value is -1.04. The number of nitrogens with zero attached hydrogens (tertiary/aromatic N) is 1. The molecule has 0 unspecified atom stereocenters. The molecule has 0 radical (unpaired) electrons. The molecular formula is C5H5NO2. The first kappa shape index (κ1) is 5.10. The van der Waals surface area contributed by atoms with Crippen LogP contribution >= 0.6 is 0 Å². The second kappa shape index (κ2) is 1.48. The summed E-state index contributed by atoms with van der Waals surface area (Å²) in [6.45, 7) is 0. The minimum Gasteiger partial charge on any atom is -0.481 e. The maximum atomic E-state index is 9.98. The molecule has 0 aromatic carbocycles. The number of carboxylic acids is 1. The van der Waals surface area contributed by atoms with Gasteiger partial charge in [0.2, 0.25) is 0 Å². The van der Waals surface area contributed by atoms with Crippen molar-refractivity contribution in [3.8, 4) is 6.07 Å². The number of rotatable bonds is 1. The van der Waals surface area contributed by atoms with Gasteiger partial charge >= 0.3 is 5.97 Å². The van der Waals surface area contributed by atoms with Crippen LogP contribution in [0, 0.1) is 23.2 Å². The Balaban J connectivity index is 2.40. The van der Waals surface area contributed by atoms with Gasteiger partial charge in [-0.05, 0) is 6.42 Å². The lowest BCUT2D eigenvalue weighted by Gasteiger charge is -1.78. The molecule has 0 heterocycles. The summed E-state index contributed by atoms with van der Waals surface area (Å²) < 4.78 is 0. The lowest BCUT2D eigenvalue weighted by atomic mass is 10.3. The van der Waals surface area contributed by atoms with Crippen LogP contribution in [0.1, 0.15) is 6.42 Å². The maximum absolute atomic E-state index is 9.98. The zero-order chi connectivity index (χ0) is 6.15.